The summed E-state index contributed by atoms with van der Waals surface area (Å²) in [5, 5.41) is 13.4. The van der Waals surface area contributed by atoms with E-state index in [1.807, 2.05) is 120 Å². The molecular weight excluding hydrogens is 1110 g/mol. The van der Waals surface area contributed by atoms with Crippen molar-refractivity contribution in [3.8, 4) is 22.3 Å². The molecule has 0 aromatic heterocycles. The van der Waals surface area contributed by atoms with Gasteiger partial charge >= 0.3 is 0 Å². The van der Waals surface area contributed by atoms with Gasteiger partial charge in [-0.05, 0) is 157 Å². The fourth-order valence-electron chi connectivity index (χ4n) is 9.21. The van der Waals surface area contributed by atoms with Crippen molar-refractivity contribution in [2.75, 3.05) is 0 Å². The SMILES string of the molecule is CC.CC.CC.Cc1cc2c(C)c3cc(C)c(C)cc3c(C)c2cc1C.Cc1ccc(C)c2ccccc12.Cc1ccc2ccc(C)cc2c1.[Y].[Y].[c-]1ccccc1-c1[c-]c2ccccc2cc1.[c-]1ccccc1-c1[c-]cccc1. The average molecular weight is 1200 g/mol. The summed E-state index contributed by atoms with van der Waals surface area (Å²) in [6.45, 7) is 33.9. The molecule has 404 valence electrons. The summed E-state index contributed by atoms with van der Waals surface area (Å²) >= 11 is 0. The quantitative estimate of drug-likeness (QED) is 0.120. The van der Waals surface area contributed by atoms with Crippen LogP contribution in [0.1, 0.15) is 97.2 Å². The van der Waals surface area contributed by atoms with Crippen molar-refractivity contribution in [3.05, 3.63) is 286 Å². The summed E-state index contributed by atoms with van der Waals surface area (Å²) in [6.07, 6.45) is 0. The van der Waals surface area contributed by atoms with E-state index < -0.39 is 0 Å². The molecule has 2 heteroatoms. The van der Waals surface area contributed by atoms with Crippen molar-refractivity contribution in [2.24, 2.45) is 0 Å². The van der Waals surface area contributed by atoms with Crippen LogP contribution in [0.3, 0.4) is 0 Å². The Morgan fingerprint density at radius 3 is 0.963 bits per heavy atom. The van der Waals surface area contributed by atoms with Gasteiger partial charge in [-0.25, -0.2) is 16.7 Å². The van der Waals surface area contributed by atoms with E-state index in [-0.39, 0.29) is 65.4 Å². The number of hydrogen-bond acceptors (Lipinski definition) is 0. The standard InChI is InChI=1S/C20H22.C16H10.2C12H12.C12H8.3C2H6.2Y/c1-11-7-17-15(5)19-9-13(3)14(4)10-20(19)16(6)18(17)8-12(11)2;1-2-6-13(7-3-1)16-11-10-14-8-4-5-9-15(14)12-16;1-9-3-5-11-6-4-10(2)8-12(11)7-9;1-9-7-8-10(2)12-6-4-3-5-11(9)12;1-3-7-11(8-4-1)12-9-5-2-6-10-12;3*1-2;;/h7-10H,1-6H3;1-6,8-11H;2*3-8H,1-2H3;1-7,9H;3*1-2H3;;/q;-2;;;-2;;;;;. The number of benzene rings is 12. The molecule has 0 N–H and O–H groups in total. The van der Waals surface area contributed by atoms with Gasteiger partial charge in [-0.2, -0.15) is 90.5 Å². The maximum Gasteiger partial charge on any atom is 0 e. The molecule has 0 aliphatic carbocycles. The molecule has 0 fully saturated rings. The van der Waals surface area contributed by atoms with Crippen molar-refractivity contribution in [1.82, 2.24) is 0 Å². The van der Waals surface area contributed by atoms with Crippen molar-refractivity contribution in [2.45, 2.75) is 111 Å². The van der Waals surface area contributed by atoms with Crippen molar-refractivity contribution in [1.29, 1.82) is 0 Å². The molecule has 0 nitrogen and oxygen atoms in total. The van der Waals surface area contributed by atoms with Gasteiger partial charge in [0.2, 0.25) is 0 Å². The van der Waals surface area contributed by atoms with E-state index in [1.165, 1.54) is 104 Å². The molecule has 12 aromatic carbocycles. The number of aryl methyl sites for hydroxylation is 10. The van der Waals surface area contributed by atoms with Crippen LogP contribution < -0.4 is 0 Å². The van der Waals surface area contributed by atoms with Crippen molar-refractivity contribution >= 4 is 53.9 Å². The fraction of sp³-hybridized carbons (Fsp3) is 0.205. The molecule has 12 aromatic rings. The van der Waals surface area contributed by atoms with Crippen LogP contribution in [-0.4, -0.2) is 0 Å². The van der Waals surface area contributed by atoms with Gasteiger partial charge in [-0.3, -0.25) is 0 Å². The molecule has 0 spiro atoms. The van der Waals surface area contributed by atoms with Crippen molar-refractivity contribution in [3.63, 3.8) is 0 Å². The van der Waals surface area contributed by atoms with Gasteiger partial charge in [-0.1, -0.05) is 173 Å². The van der Waals surface area contributed by atoms with Crippen LogP contribution in [0.5, 0.6) is 0 Å². The topological polar surface area (TPSA) is 0 Å². The first-order valence-corrected chi connectivity index (χ1v) is 28.0. The summed E-state index contributed by atoms with van der Waals surface area (Å²) in [5.41, 5.74) is 18.1. The molecule has 0 heterocycles. The molecule has 0 amide bonds. The minimum absolute atomic E-state index is 0. The minimum atomic E-state index is 0. The van der Waals surface area contributed by atoms with Gasteiger partial charge in [0.25, 0.3) is 0 Å². The molecule has 0 saturated carbocycles. The van der Waals surface area contributed by atoms with E-state index in [4.69, 9.17) is 0 Å². The Morgan fingerprint density at radius 1 is 0.250 bits per heavy atom. The Labute approximate surface area is 533 Å². The zero-order valence-electron chi connectivity index (χ0n) is 50.8. The third kappa shape index (κ3) is 18.6. The Morgan fingerprint density at radius 2 is 0.588 bits per heavy atom. The first-order valence-electron chi connectivity index (χ1n) is 28.0. The number of hydrogen-bond donors (Lipinski definition) is 0. The van der Waals surface area contributed by atoms with Crippen LogP contribution in [0.25, 0.3) is 76.1 Å². The molecule has 12 rings (SSSR count). The van der Waals surface area contributed by atoms with Crippen LogP contribution >= 0.6 is 0 Å². The molecule has 0 atom stereocenters. The summed E-state index contributed by atoms with van der Waals surface area (Å²) in [7, 11) is 0. The third-order valence-electron chi connectivity index (χ3n) is 13.8. The summed E-state index contributed by atoms with van der Waals surface area (Å²) in [6, 6.07) is 84.6. The monoisotopic (exact) mass is 1200 g/mol. The second-order valence-electron chi connectivity index (χ2n) is 19.1. The van der Waals surface area contributed by atoms with E-state index >= 15 is 0 Å². The van der Waals surface area contributed by atoms with Crippen LogP contribution in [0.15, 0.2) is 206 Å². The van der Waals surface area contributed by atoms with Gasteiger partial charge in [0.15, 0.2) is 0 Å². The second-order valence-corrected chi connectivity index (χ2v) is 19.1. The number of fused-ring (bicyclic) bond motifs is 5. The predicted molar refractivity (Wildman–Crippen MR) is 347 cm³/mol. The third-order valence-corrected chi connectivity index (χ3v) is 13.8. The van der Waals surface area contributed by atoms with Crippen LogP contribution in [0.4, 0.5) is 0 Å². The molecule has 0 aliphatic heterocycles. The smallest absolute Gasteiger partial charge is 0 e. The largest absolute Gasteiger partial charge is 0.226 e. The molecule has 2 radical (unpaired) electrons. The molecule has 0 bridgehead atoms. The van der Waals surface area contributed by atoms with Crippen LogP contribution in [0.2, 0.25) is 0 Å². The van der Waals surface area contributed by atoms with E-state index in [1.54, 1.807) is 0 Å². The second kappa shape index (κ2) is 35.1. The zero-order valence-corrected chi connectivity index (χ0v) is 56.5. The van der Waals surface area contributed by atoms with Crippen molar-refractivity contribution < 1.29 is 65.4 Å². The Hall–Kier alpha value is -5.85. The first kappa shape index (κ1) is 68.4. The minimum Gasteiger partial charge on any atom is -0.226 e. The maximum atomic E-state index is 3.41. The normalized spacial score (nSPS) is 9.80. The average Bonchev–Trinajstić information content (AvgIpc) is 3.49. The Kier molecular flexibility index (Phi) is 30.0. The van der Waals surface area contributed by atoms with Crippen LogP contribution in [-0.2, 0) is 65.4 Å². The molecular formula is C78H82Y2-4. The van der Waals surface area contributed by atoms with E-state index in [0.29, 0.717) is 0 Å². The molecule has 0 saturated heterocycles. The van der Waals surface area contributed by atoms with Gasteiger partial charge in [0.1, 0.15) is 0 Å². The summed E-state index contributed by atoms with van der Waals surface area (Å²) in [5.74, 6) is 0. The fourth-order valence-corrected chi connectivity index (χ4v) is 9.21. The van der Waals surface area contributed by atoms with Crippen LogP contribution in [0, 0.1) is 93.5 Å². The first-order chi connectivity index (χ1) is 37.8. The van der Waals surface area contributed by atoms with E-state index in [2.05, 4.69) is 221 Å². The van der Waals surface area contributed by atoms with E-state index in [0.717, 1.165) is 27.6 Å². The van der Waals surface area contributed by atoms with Gasteiger partial charge in [0.05, 0.1) is 0 Å². The maximum absolute atomic E-state index is 3.41. The Balaban J connectivity index is 0.000000258. The Bertz CT molecular complexity index is 3520. The zero-order chi connectivity index (χ0) is 56.7. The summed E-state index contributed by atoms with van der Waals surface area (Å²) in [4.78, 5) is 0. The molecule has 0 aliphatic rings. The van der Waals surface area contributed by atoms with E-state index in [9.17, 15) is 0 Å². The molecule has 80 heavy (non-hydrogen) atoms. The summed E-state index contributed by atoms with van der Waals surface area (Å²) < 4.78 is 0. The van der Waals surface area contributed by atoms with Gasteiger partial charge in [0, 0.05) is 65.4 Å². The molecule has 0 unspecified atom stereocenters. The number of rotatable bonds is 2. The predicted octanol–water partition coefficient (Wildman–Crippen LogP) is 22.9. The van der Waals surface area contributed by atoms with Gasteiger partial charge < -0.3 is 0 Å². The van der Waals surface area contributed by atoms with Gasteiger partial charge in [-0.15, -0.1) is 35.7 Å².